The van der Waals surface area contributed by atoms with Gasteiger partial charge >= 0.3 is 0 Å². The fourth-order valence-electron chi connectivity index (χ4n) is 0.651. The van der Waals surface area contributed by atoms with Crippen molar-refractivity contribution in [2.75, 3.05) is 0 Å². The molecule has 5 heteroatoms. The lowest BCUT2D eigenvalue weighted by molar-refractivity contribution is 0.564. The van der Waals surface area contributed by atoms with Gasteiger partial charge < -0.3 is 0 Å². The monoisotopic (exact) mass is 293 g/mol. The molecule has 0 aliphatic carbocycles. The topological polar surface area (TPSA) is 29.4 Å². The Hall–Kier alpha value is -0.510. The summed E-state index contributed by atoms with van der Waals surface area (Å²) in [4.78, 5) is 13.0. The van der Waals surface area contributed by atoms with E-state index in [4.69, 9.17) is 0 Å². The van der Waals surface area contributed by atoms with E-state index in [1.54, 1.807) is 6.07 Å². The van der Waals surface area contributed by atoms with Crippen LogP contribution >= 0.6 is 31.9 Å². The molecule has 0 saturated heterocycles. The summed E-state index contributed by atoms with van der Waals surface area (Å²) in [5.74, 6) is -0.576. The number of carbonyl (C=O) groups excluding carboxylic acids is 1. The van der Waals surface area contributed by atoms with E-state index in [1.807, 2.05) is 0 Å². The van der Waals surface area contributed by atoms with Crippen LogP contribution in [0.3, 0.4) is 0 Å². The van der Waals surface area contributed by atoms with Crippen LogP contribution in [0.5, 0.6) is 0 Å². The SMILES string of the molecule is O=C=Nc1ccc(Br)c(Br)c1F. The van der Waals surface area contributed by atoms with Gasteiger partial charge in [0, 0.05) is 4.47 Å². The average Bonchev–Trinajstić information content (AvgIpc) is 2.07. The Morgan fingerprint density at radius 2 is 2.08 bits per heavy atom. The second-order valence-corrected chi connectivity index (χ2v) is 3.54. The fraction of sp³-hybridized carbons (Fsp3) is 0. The molecule has 0 fully saturated rings. The maximum absolute atomic E-state index is 13.1. The molecule has 0 unspecified atom stereocenters. The zero-order valence-electron chi connectivity index (χ0n) is 5.64. The van der Waals surface area contributed by atoms with Crippen LogP contribution in [0.15, 0.2) is 26.1 Å². The highest BCUT2D eigenvalue weighted by molar-refractivity contribution is 9.13. The zero-order valence-corrected chi connectivity index (χ0v) is 8.82. The Balaban J connectivity index is 3.35. The summed E-state index contributed by atoms with van der Waals surface area (Å²) in [6.45, 7) is 0. The van der Waals surface area contributed by atoms with E-state index >= 15 is 0 Å². The van der Waals surface area contributed by atoms with Crippen molar-refractivity contribution in [1.29, 1.82) is 0 Å². The van der Waals surface area contributed by atoms with Gasteiger partial charge in [0.05, 0.1) is 4.47 Å². The molecule has 0 bridgehead atoms. The molecule has 0 N–H and O–H groups in total. The first-order valence-corrected chi connectivity index (χ1v) is 4.46. The summed E-state index contributed by atoms with van der Waals surface area (Å²) in [5.41, 5.74) is -0.0277. The maximum Gasteiger partial charge on any atom is 0.240 e. The van der Waals surface area contributed by atoms with E-state index in [-0.39, 0.29) is 10.2 Å². The van der Waals surface area contributed by atoms with Crippen LogP contribution in [-0.4, -0.2) is 6.08 Å². The van der Waals surface area contributed by atoms with Gasteiger partial charge in [-0.3, -0.25) is 0 Å². The molecule has 1 aromatic rings. The number of isocyanates is 1. The van der Waals surface area contributed by atoms with Gasteiger partial charge in [-0.15, -0.1) is 0 Å². The first-order chi connectivity index (χ1) is 5.66. The number of hydrogen-bond acceptors (Lipinski definition) is 2. The fourth-order valence-corrected chi connectivity index (χ4v) is 1.29. The highest BCUT2D eigenvalue weighted by Crippen LogP contribution is 2.31. The van der Waals surface area contributed by atoms with E-state index in [1.165, 1.54) is 12.1 Å². The summed E-state index contributed by atoms with van der Waals surface area (Å²) in [6.07, 6.45) is 1.27. The third-order valence-electron chi connectivity index (χ3n) is 1.18. The lowest BCUT2D eigenvalue weighted by Crippen LogP contribution is -1.79. The highest BCUT2D eigenvalue weighted by Gasteiger charge is 2.08. The van der Waals surface area contributed by atoms with Crippen molar-refractivity contribution in [3.63, 3.8) is 0 Å². The van der Waals surface area contributed by atoms with Gasteiger partial charge in [-0.05, 0) is 44.0 Å². The molecule has 0 heterocycles. The molecule has 0 amide bonds. The minimum atomic E-state index is -0.576. The molecule has 0 radical (unpaired) electrons. The molecule has 0 saturated carbocycles. The van der Waals surface area contributed by atoms with Crippen LogP contribution in [0.2, 0.25) is 0 Å². The van der Waals surface area contributed by atoms with Gasteiger partial charge in [0.15, 0.2) is 5.82 Å². The highest BCUT2D eigenvalue weighted by atomic mass is 79.9. The molecule has 0 aliphatic rings. The van der Waals surface area contributed by atoms with Crippen LogP contribution in [0.4, 0.5) is 10.1 Å². The van der Waals surface area contributed by atoms with Crippen LogP contribution < -0.4 is 0 Å². The number of rotatable bonds is 1. The number of aliphatic imine (C=N–C) groups is 1. The second-order valence-electron chi connectivity index (χ2n) is 1.90. The molecule has 2 nitrogen and oxygen atoms in total. The van der Waals surface area contributed by atoms with Crippen LogP contribution in [0.25, 0.3) is 0 Å². The normalized spacial score (nSPS) is 9.25. The summed E-state index contributed by atoms with van der Waals surface area (Å²) < 4.78 is 13.9. The molecule has 0 aliphatic heterocycles. The van der Waals surface area contributed by atoms with Crippen LogP contribution in [-0.2, 0) is 4.79 Å². The Morgan fingerprint density at radius 1 is 1.42 bits per heavy atom. The standard InChI is InChI=1S/C7H2Br2FNO/c8-4-1-2-5(11-3-12)7(10)6(4)9/h1-2H. The van der Waals surface area contributed by atoms with Crippen molar-refractivity contribution in [3.8, 4) is 0 Å². The minimum Gasteiger partial charge on any atom is -0.211 e. The smallest absolute Gasteiger partial charge is 0.211 e. The largest absolute Gasteiger partial charge is 0.240 e. The summed E-state index contributed by atoms with van der Waals surface area (Å²) in [7, 11) is 0. The van der Waals surface area contributed by atoms with Crippen molar-refractivity contribution in [2.24, 2.45) is 4.99 Å². The molecule has 0 atom stereocenters. The van der Waals surface area contributed by atoms with E-state index in [0.717, 1.165) is 0 Å². The maximum atomic E-state index is 13.1. The lowest BCUT2D eigenvalue weighted by Gasteiger charge is -1.98. The van der Waals surface area contributed by atoms with Gasteiger partial charge in [0.25, 0.3) is 0 Å². The molecular formula is C7H2Br2FNO. The predicted molar refractivity (Wildman–Crippen MR) is 49.6 cm³/mol. The van der Waals surface area contributed by atoms with Crippen molar-refractivity contribution in [1.82, 2.24) is 0 Å². The van der Waals surface area contributed by atoms with E-state index in [0.29, 0.717) is 4.47 Å². The molecule has 0 aromatic heterocycles. The summed E-state index contributed by atoms with van der Waals surface area (Å²) in [6, 6.07) is 2.97. The molecule has 0 spiro atoms. The van der Waals surface area contributed by atoms with E-state index < -0.39 is 5.82 Å². The van der Waals surface area contributed by atoms with Crippen LogP contribution in [0, 0.1) is 5.82 Å². The number of hydrogen-bond donors (Lipinski definition) is 0. The van der Waals surface area contributed by atoms with E-state index in [9.17, 15) is 9.18 Å². The third kappa shape index (κ3) is 1.80. The van der Waals surface area contributed by atoms with Crippen molar-refractivity contribution >= 4 is 43.6 Å². The van der Waals surface area contributed by atoms with Crippen molar-refractivity contribution in [2.45, 2.75) is 0 Å². The molecule has 1 aromatic carbocycles. The molecular weight excluding hydrogens is 293 g/mol. The quantitative estimate of drug-likeness (QED) is 0.444. The Morgan fingerprint density at radius 3 is 2.67 bits per heavy atom. The van der Waals surface area contributed by atoms with Crippen molar-refractivity contribution in [3.05, 3.63) is 26.9 Å². The van der Waals surface area contributed by atoms with E-state index in [2.05, 4.69) is 36.9 Å². The third-order valence-corrected chi connectivity index (χ3v) is 3.15. The lowest BCUT2D eigenvalue weighted by atomic mass is 10.3. The number of halogens is 3. The van der Waals surface area contributed by atoms with Crippen molar-refractivity contribution < 1.29 is 9.18 Å². The van der Waals surface area contributed by atoms with Gasteiger partial charge in [0.1, 0.15) is 5.69 Å². The molecule has 62 valence electrons. The first kappa shape index (κ1) is 9.58. The zero-order chi connectivity index (χ0) is 9.14. The van der Waals surface area contributed by atoms with Gasteiger partial charge in [0.2, 0.25) is 6.08 Å². The van der Waals surface area contributed by atoms with Gasteiger partial charge in [-0.25, -0.2) is 9.18 Å². The summed E-state index contributed by atoms with van der Waals surface area (Å²) in [5, 5.41) is 0. The molecule has 12 heavy (non-hydrogen) atoms. The van der Waals surface area contributed by atoms with Crippen LogP contribution in [0.1, 0.15) is 0 Å². The predicted octanol–water partition coefficient (Wildman–Crippen LogP) is 3.32. The first-order valence-electron chi connectivity index (χ1n) is 2.88. The Kier molecular flexibility index (Phi) is 3.14. The second kappa shape index (κ2) is 3.94. The minimum absolute atomic E-state index is 0.0277. The Labute approximate surface area is 84.8 Å². The average molecular weight is 295 g/mol. The number of benzene rings is 1. The van der Waals surface area contributed by atoms with Gasteiger partial charge in [-0.1, -0.05) is 0 Å². The molecule has 1 rings (SSSR count). The summed E-state index contributed by atoms with van der Waals surface area (Å²) >= 11 is 6.09. The Bertz CT molecular complexity index is 361. The van der Waals surface area contributed by atoms with Gasteiger partial charge in [-0.2, -0.15) is 4.99 Å². The number of nitrogens with zero attached hydrogens (tertiary/aromatic N) is 1.